The molecule has 0 N–H and O–H groups in total. The van der Waals surface area contributed by atoms with Crippen LogP contribution in [0.3, 0.4) is 0 Å². The number of hydrogen-bond donors (Lipinski definition) is 0. The second-order valence-electron chi connectivity index (χ2n) is 8.80. The van der Waals surface area contributed by atoms with Gasteiger partial charge in [-0.25, -0.2) is 4.90 Å². The van der Waals surface area contributed by atoms with Crippen LogP contribution in [0.5, 0.6) is 0 Å². The number of benzene rings is 3. The number of carbonyl (C=O) groups is 2. The van der Waals surface area contributed by atoms with E-state index in [0.29, 0.717) is 28.5 Å². The zero-order valence-electron chi connectivity index (χ0n) is 19.0. The third-order valence-electron chi connectivity index (χ3n) is 6.50. The van der Waals surface area contributed by atoms with Crippen LogP contribution in [-0.2, 0) is 16.0 Å². The Balaban J connectivity index is 1.75. The van der Waals surface area contributed by atoms with E-state index >= 15 is 0 Å². The number of carbonyl (C=O) groups excluding carboxylic acids is 2. The van der Waals surface area contributed by atoms with E-state index in [1.807, 2.05) is 62.1 Å². The molecule has 3 aromatic rings. The van der Waals surface area contributed by atoms with Gasteiger partial charge in [0.1, 0.15) is 5.70 Å². The van der Waals surface area contributed by atoms with Crippen LogP contribution in [0.4, 0.5) is 11.4 Å². The molecule has 2 aliphatic heterocycles. The first-order valence-corrected chi connectivity index (χ1v) is 11.6. The molecule has 0 fully saturated rings. The summed E-state index contributed by atoms with van der Waals surface area (Å²) < 4.78 is 0. The van der Waals surface area contributed by atoms with Gasteiger partial charge in [-0.1, -0.05) is 59.6 Å². The van der Waals surface area contributed by atoms with Crippen molar-refractivity contribution in [1.82, 2.24) is 0 Å². The SMILES string of the molecule is Cc1ccc(C2=C(N3CCCc4ccccc43)C(=O)N(c3cc(Cl)ccc3C)C2=O)c(C)c1. The fraction of sp³-hybridized carbons (Fsp3) is 0.214. The highest BCUT2D eigenvalue weighted by atomic mass is 35.5. The maximum absolute atomic E-state index is 14.0. The summed E-state index contributed by atoms with van der Waals surface area (Å²) in [7, 11) is 0. The van der Waals surface area contributed by atoms with Gasteiger partial charge in [-0.15, -0.1) is 0 Å². The molecular formula is C28H25ClN2O2. The lowest BCUT2D eigenvalue weighted by molar-refractivity contribution is -0.120. The summed E-state index contributed by atoms with van der Waals surface area (Å²) in [4.78, 5) is 31.3. The summed E-state index contributed by atoms with van der Waals surface area (Å²) in [6.45, 7) is 6.58. The molecule has 0 radical (unpaired) electrons. The van der Waals surface area contributed by atoms with Gasteiger partial charge < -0.3 is 4.90 Å². The Labute approximate surface area is 199 Å². The lowest BCUT2D eigenvalue weighted by atomic mass is 9.95. The maximum atomic E-state index is 14.0. The van der Waals surface area contributed by atoms with Crippen molar-refractivity contribution in [1.29, 1.82) is 0 Å². The molecule has 0 spiro atoms. The number of para-hydroxylation sites is 1. The van der Waals surface area contributed by atoms with Crippen molar-refractivity contribution >= 4 is 40.4 Å². The van der Waals surface area contributed by atoms with E-state index in [2.05, 4.69) is 12.1 Å². The third-order valence-corrected chi connectivity index (χ3v) is 6.74. The summed E-state index contributed by atoms with van der Waals surface area (Å²) in [6.07, 6.45) is 1.87. The van der Waals surface area contributed by atoms with Crippen LogP contribution in [0, 0.1) is 20.8 Å². The van der Waals surface area contributed by atoms with E-state index in [9.17, 15) is 9.59 Å². The van der Waals surface area contributed by atoms with Crippen LogP contribution in [0.2, 0.25) is 5.02 Å². The number of aryl methyl sites for hydroxylation is 4. The van der Waals surface area contributed by atoms with Gasteiger partial charge in [0.25, 0.3) is 11.8 Å². The number of imide groups is 1. The Kier molecular flexibility index (Phi) is 5.34. The van der Waals surface area contributed by atoms with E-state index in [-0.39, 0.29) is 11.8 Å². The molecule has 0 unspecified atom stereocenters. The van der Waals surface area contributed by atoms with E-state index in [0.717, 1.165) is 40.8 Å². The smallest absolute Gasteiger partial charge is 0.282 e. The van der Waals surface area contributed by atoms with Crippen molar-refractivity contribution in [2.24, 2.45) is 0 Å². The van der Waals surface area contributed by atoms with Gasteiger partial charge in [-0.2, -0.15) is 0 Å². The first kappa shape index (κ1) is 21.5. The molecule has 0 bridgehead atoms. The third kappa shape index (κ3) is 3.55. The first-order valence-electron chi connectivity index (χ1n) is 11.2. The minimum Gasteiger partial charge on any atom is -0.336 e. The molecule has 0 aliphatic carbocycles. The van der Waals surface area contributed by atoms with Crippen molar-refractivity contribution in [3.8, 4) is 0 Å². The number of anilines is 2. The van der Waals surface area contributed by atoms with E-state index in [1.54, 1.807) is 12.1 Å². The summed E-state index contributed by atoms with van der Waals surface area (Å²) in [5, 5.41) is 0.487. The molecule has 166 valence electrons. The molecular weight excluding hydrogens is 432 g/mol. The van der Waals surface area contributed by atoms with Crippen molar-refractivity contribution < 1.29 is 9.59 Å². The topological polar surface area (TPSA) is 40.6 Å². The van der Waals surface area contributed by atoms with Gasteiger partial charge in [-0.05, 0) is 74.1 Å². The Bertz CT molecular complexity index is 1340. The maximum Gasteiger partial charge on any atom is 0.282 e. The molecule has 0 aromatic heterocycles. The molecule has 2 aliphatic rings. The van der Waals surface area contributed by atoms with Gasteiger partial charge in [0.05, 0.1) is 11.3 Å². The Morgan fingerprint density at radius 3 is 2.39 bits per heavy atom. The second-order valence-corrected chi connectivity index (χ2v) is 9.24. The molecule has 4 nitrogen and oxygen atoms in total. The standard InChI is InChI=1S/C28H25ClN2O2/c1-17-10-13-22(19(3)15-17)25-26(30-14-6-8-20-7-4-5-9-23(20)30)28(33)31(27(25)32)24-16-21(29)12-11-18(24)2/h4-5,7,9-13,15-16H,6,8,14H2,1-3H3. The summed E-state index contributed by atoms with van der Waals surface area (Å²) in [6, 6.07) is 19.4. The Morgan fingerprint density at radius 2 is 1.61 bits per heavy atom. The Hall–Kier alpha value is -3.37. The summed E-state index contributed by atoms with van der Waals surface area (Å²) >= 11 is 6.27. The van der Waals surface area contributed by atoms with Crippen LogP contribution in [0.25, 0.3) is 5.57 Å². The molecule has 33 heavy (non-hydrogen) atoms. The van der Waals surface area contributed by atoms with Crippen LogP contribution in [-0.4, -0.2) is 18.4 Å². The molecule has 0 saturated heterocycles. The normalized spacial score (nSPS) is 16.0. The predicted molar refractivity (Wildman–Crippen MR) is 134 cm³/mol. The van der Waals surface area contributed by atoms with Crippen molar-refractivity contribution in [3.63, 3.8) is 0 Å². The molecule has 3 aromatic carbocycles. The van der Waals surface area contributed by atoms with Crippen molar-refractivity contribution in [3.05, 3.63) is 99.2 Å². The molecule has 0 saturated carbocycles. The average Bonchev–Trinajstić information content (AvgIpc) is 3.05. The van der Waals surface area contributed by atoms with Gasteiger partial charge in [0, 0.05) is 17.3 Å². The number of amides is 2. The minimum absolute atomic E-state index is 0.308. The van der Waals surface area contributed by atoms with Crippen LogP contribution in [0.1, 0.15) is 34.2 Å². The number of fused-ring (bicyclic) bond motifs is 1. The lowest BCUT2D eigenvalue weighted by Gasteiger charge is -2.32. The molecule has 5 heteroatoms. The molecule has 5 rings (SSSR count). The van der Waals surface area contributed by atoms with E-state index in [4.69, 9.17) is 11.6 Å². The highest BCUT2D eigenvalue weighted by Gasteiger charge is 2.44. The monoisotopic (exact) mass is 456 g/mol. The van der Waals surface area contributed by atoms with E-state index < -0.39 is 0 Å². The first-order chi connectivity index (χ1) is 15.9. The quantitative estimate of drug-likeness (QED) is 0.453. The fourth-order valence-corrected chi connectivity index (χ4v) is 5.08. The van der Waals surface area contributed by atoms with Gasteiger partial charge in [-0.3, -0.25) is 9.59 Å². The number of halogens is 1. The van der Waals surface area contributed by atoms with E-state index in [1.165, 1.54) is 10.5 Å². The summed E-state index contributed by atoms with van der Waals surface area (Å²) in [5.74, 6) is -0.618. The predicted octanol–water partition coefficient (Wildman–Crippen LogP) is 6.00. The summed E-state index contributed by atoms with van der Waals surface area (Å²) in [5.41, 5.74) is 7.30. The minimum atomic E-state index is -0.310. The fourth-order valence-electron chi connectivity index (χ4n) is 4.91. The zero-order chi connectivity index (χ0) is 23.3. The average molecular weight is 457 g/mol. The molecule has 0 atom stereocenters. The van der Waals surface area contributed by atoms with Crippen LogP contribution >= 0.6 is 11.6 Å². The zero-order valence-corrected chi connectivity index (χ0v) is 19.7. The van der Waals surface area contributed by atoms with Gasteiger partial charge >= 0.3 is 0 Å². The highest BCUT2D eigenvalue weighted by molar-refractivity contribution is 6.47. The molecule has 2 amide bonds. The lowest BCUT2D eigenvalue weighted by Crippen LogP contribution is -2.37. The largest absolute Gasteiger partial charge is 0.336 e. The number of hydrogen-bond acceptors (Lipinski definition) is 3. The molecule has 2 heterocycles. The van der Waals surface area contributed by atoms with Crippen molar-refractivity contribution in [2.75, 3.05) is 16.3 Å². The van der Waals surface area contributed by atoms with Crippen LogP contribution < -0.4 is 9.80 Å². The Morgan fingerprint density at radius 1 is 0.818 bits per heavy atom. The highest BCUT2D eigenvalue weighted by Crippen LogP contribution is 2.41. The van der Waals surface area contributed by atoms with Gasteiger partial charge in [0.2, 0.25) is 0 Å². The second kappa shape index (κ2) is 8.20. The van der Waals surface area contributed by atoms with Gasteiger partial charge in [0.15, 0.2) is 0 Å². The number of rotatable bonds is 3. The number of nitrogens with zero attached hydrogens (tertiary/aromatic N) is 2. The van der Waals surface area contributed by atoms with Crippen LogP contribution in [0.15, 0.2) is 66.4 Å². The van der Waals surface area contributed by atoms with Crippen molar-refractivity contribution in [2.45, 2.75) is 33.6 Å².